The molecule has 2 aromatic rings. The zero-order valence-electron chi connectivity index (χ0n) is 29.8. The first-order valence-electron chi connectivity index (χ1n) is 16.8. The summed E-state index contributed by atoms with van der Waals surface area (Å²) in [6, 6.07) is 18.1. The second-order valence-electron chi connectivity index (χ2n) is 15.4. The Balaban J connectivity index is 0.000000216. The molecular formula is C40H60O6Ti+4. The first-order valence-corrected chi connectivity index (χ1v) is 16.8. The molecule has 0 amide bonds. The largest absolute Gasteiger partial charge is 0.512 e. The molecule has 4 bridgehead atoms. The summed E-state index contributed by atoms with van der Waals surface area (Å²) in [6.45, 7) is 17.1. The van der Waals surface area contributed by atoms with Gasteiger partial charge in [-0.2, -0.15) is 0 Å². The maximum absolute atomic E-state index is 9.37. The minimum atomic E-state index is 0. The van der Waals surface area contributed by atoms with Crippen LogP contribution in [0.5, 0.6) is 0 Å². The first-order chi connectivity index (χ1) is 21.4. The number of aliphatic hydroxyl groups is 2. The van der Waals surface area contributed by atoms with Crippen molar-refractivity contribution in [2.24, 2.45) is 33.5 Å². The summed E-state index contributed by atoms with van der Waals surface area (Å²) in [4.78, 5) is 18.7. The number of allylic oxidation sites excluding steroid dienone is 4. The molecule has 0 radical (unpaired) electrons. The van der Waals surface area contributed by atoms with Gasteiger partial charge in [0.1, 0.15) is 0 Å². The van der Waals surface area contributed by atoms with Crippen LogP contribution in [0.3, 0.4) is 0 Å². The van der Waals surface area contributed by atoms with Gasteiger partial charge in [0.25, 0.3) is 0 Å². The molecule has 6 unspecified atom stereocenters. The van der Waals surface area contributed by atoms with Crippen LogP contribution in [-0.2, 0) is 21.7 Å². The molecule has 7 heteroatoms. The van der Waals surface area contributed by atoms with Crippen LogP contribution >= 0.6 is 0 Å². The number of aliphatic hydroxyl groups excluding tert-OH is 2. The van der Waals surface area contributed by atoms with Gasteiger partial charge in [-0.15, -0.1) is 0 Å². The number of hydrogen-bond acceptors (Lipinski definition) is 2. The minimum Gasteiger partial charge on any atom is -0.512 e. The van der Waals surface area contributed by atoms with E-state index in [4.69, 9.17) is 20.4 Å². The molecular weight excluding hydrogens is 624 g/mol. The molecule has 6 rings (SSSR count). The molecule has 0 aliphatic heterocycles. The smallest absolute Gasteiger partial charge is 0.350 e. The fourth-order valence-corrected chi connectivity index (χ4v) is 8.19. The Bertz CT molecular complexity index is 1280. The molecule has 2 aromatic carbocycles. The Hall–Kier alpha value is -2.51. The van der Waals surface area contributed by atoms with E-state index in [1.54, 1.807) is 24.3 Å². The summed E-state index contributed by atoms with van der Waals surface area (Å²) in [5.74, 6) is 2.03. The molecule has 4 aliphatic rings. The molecule has 4 aliphatic carbocycles. The summed E-state index contributed by atoms with van der Waals surface area (Å²) in [5, 5.41) is 33.7. The number of ketones is 2. The molecule has 0 heterocycles. The van der Waals surface area contributed by atoms with Crippen molar-refractivity contribution >= 4 is 11.6 Å². The fourth-order valence-electron chi connectivity index (χ4n) is 8.19. The maximum Gasteiger partial charge on any atom is 0.350 e. The van der Waals surface area contributed by atoms with E-state index in [2.05, 4.69) is 41.5 Å². The molecule has 4 saturated carbocycles. The number of benzene rings is 2. The Morgan fingerprint density at radius 3 is 1.11 bits per heavy atom. The second-order valence-corrected chi connectivity index (χ2v) is 15.4. The number of fused-ring (bicyclic) bond motifs is 4. The van der Waals surface area contributed by atoms with E-state index in [1.165, 1.54) is 51.7 Å². The summed E-state index contributed by atoms with van der Waals surface area (Å²) >= 11 is 0. The third-order valence-electron chi connectivity index (χ3n) is 12.4. The molecule has 256 valence electrons. The summed E-state index contributed by atoms with van der Waals surface area (Å²) in [7, 11) is 0. The van der Waals surface area contributed by atoms with Crippen molar-refractivity contribution in [2.45, 2.75) is 106 Å². The standard InChI is InChI=1S/2C10H10O2.2C10H18O.Ti/c2*1-8(11)7-10(12)9-5-3-2-4-6-9;2*1-9(2)7-4-5-10(9,3)8(11)6-7;/h2*2-7,11H,1H3;2*7-8,11H,4-6H2,1-3H3;/p+4/b2*8-7-;;;. The van der Waals surface area contributed by atoms with Gasteiger partial charge in [0.05, 0.1) is 34.8 Å². The quantitative estimate of drug-likeness (QED) is 0.111. The predicted octanol–water partition coefficient (Wildman–Crippen LogP) is 7.93. The number of carbonyl (C=O) groups excluding carboxylic acids is 2. The van der Waals surface area contributed by atoms with E-state index in [0.29, 0.717) is 32.8 Å². The van der Waals surface area contributed by atoms with Crippen molar-refractivity contribution in [1.82, 2.24) is 0 Å². The normalized spacial score (nSPS) is 30.8. The van der Waals surface area contributed by atoms with Crippen LogP contribution in [0.1, 0.15) is 105 Å². The molecule has 0 saturated heterocycles. The molecule has 4 fully saturated rings. The number of rotatable bonds is 4. The van der Waals surface area contributed by atoms with Crippen molar-refractivity contribution in [1.29, 1.82) is 0 Å². The maximum atomic E-state index is 9.37. The van der Waals surface area contributed by atoms with Crippen LogP contribution in [0.25, 0.3) is 0 Å². The van der Waals surface area contributed by atoms with E-state index in [-0.39, 0.29) is 57.0 Å². The van der Waals surface area contributed by atoms with Crippen molar-refractivity contribution < 1.29 is 51.7 Å². The van der Waals surface area contributed by atoms with E-state index in [0.717, 1.165) is 24.7 Å². The zero-order chi connectivity index (χ0) is 34.5. The Morgan fingerprint density at radius 2 is 0.936 bits per heavy atom. The summed E-state index contributed by atoms with van der Waals surface area (Å²) < 4.78 is 0. The van der Waals surface area contributed by atoms with Gasteiger partial charge in [-0.1, -0.05) is 77.9 Å². The van der Waals surface area contributed by atoms with E-state index in [1.807, 2.05) is 36.4 Å². The van der Waals surface area contributed by atoms with Gasteiger partial charge in [0.2, 0.25) is 0 Å². The fraction of sp³-hybridized carbons (Fsp3) is 0.550. The average molecular weight is 685 g/mol. The van der Waals surface area contributed by atoms with Gasteiger partial charge >= 0.3 is 11.6 Å². The van der Waals surface area contributed by atoms with Crippen LogP contribution in [-0.4, -0.2) is 53.8 Å². The van der Waals surface area contributed by atoms with Gasteiger partial charge in [-0.25, -0.2) is 0 Å². The minimum absolute atomic E-state index is 0. The van der Waals surface area contributed by atoms with Crippen LogP contribution < -0.4 is 0 Å². The molecule has 6 atom stereocenters. The summed E-state index contributed by atoms with van der Waals surface area (Å²) in [5.41, 5.74) is 2.95. The van der Waals surface area contributed by atoms with E-state index in [9.17, 15) is 9.59 Å². The topological polar surface area (TPSA) is 129 Å². The van der Waals surface area contributed by atoms with Crippen molar-refractivity contribution in [3.63, 3.8) is 0 Å². The molecule has 6 nitrogen and oxygen atoms in total. The van der Waals surface area contributed by atoms with Crippen LogP contribution in [0.2, 0.25) is 0 Å². The molecule has 0 spiro atoms. The van der Waals surface area contributed by atoms with Gasteiger partial charge in [0.15, 0.2) is 12.2 Å². The van der Waals surface area contributed by atoms with Crippen LogP contribution in [0, 0.1) is 33.5 Å². The van der Waals surface area contributed by atoms with Crippen molar-refractivity contribution in [3.05, 3.63) is 95.5 Å². The summed E-state index contributed by atoms with van der Waals surface area (Å²) in [6.07, 6.45) is 10.7. The van der Waals surface area contributed by atoms with Crippen LogP contribution in [0.4, 0.5) is 0 Å². The van der Waals surface area contributed by atoms with E-state index >= 15 is 0 Å². The van der Waals surface area contributed by atoms with E-state index < -0.39 is 0 Å². The Kier molecular flexibility index (Phi) is 14.1. The van der Waals surface area contributed by atoms with Crippen molar-refractivity contribution in [2.75, 3.05) is 0 Å². The second kappa shape index (κ2) is 16.3. The van der Waals surface area contributed by atoms with Gasteiger partial charge in [0, 0.05) is 45.4 Å². The average Bonchev–Trinajstić information content (AvgIpc) is 3.50. The first kappa shape index (κ1) is 40.7. The number of hydrogen-bond donors (Lipinski definition) is 2. The van der Waals surface area contributed by atoms with Crippen LogP contribution in [0.15, 0.2) is 84.3 Å². The third-order valence-corrected chi connectivity index (χ3v) is 12.4. The van der Waals surface area contributed by atoms with Gasteiger partial charge in [-0.05, 0) is 86.5 Å². The Labute approximate surface area is 297 Å². The van der Waals surface area contributed by atoms with Gasteiger partial charge < -0.3 is 20.4 Å². The third kappa shape index (κ3) is 8.95. The Morgan fingerprint density at radius 1 is 0.638 bits per heavy atom. The zero-order valence-corrected chi connectivity index (χ0v) is 31.3. The van der Waals surface area contributed by atoms with Gasteiger partial charge in [-0.3, -0.25) is 9.59 Å². The van der Waals surface area contributed by atoms with Crippen molar-refractivity contribution in [3.8, 4) is 0 Å². The predicted molar refractivity (Wildman–Crippen MR) is 191 cm³/mol. The SMILES string of the molecule is C/C(O)=C/C(=[OH+])c1ccccc1.C/C(O)=C/C(=[OH+])c1ccccc1.CC1(C)C2CCC1(C)C([OH2+])C2.CC1(C)C2CCC1(C)C([OH2+])C2.[Ti]. The molecule has 47 heavy (non-hydrogen) atoms. The monoisotopic (exact) mass is 684 g/mol. The molecule has 0 aromatic heterocycles. The molecule has 8 N–H and O–H groups in total.